The molecule has 1 aromatic carbocycles. The number of thiophene rings is 1. The Bertz CT molecular complexity index is 1450. The van der Waals surface area contributed by atoms with Crippen LogP contribution < -0.4 is 10.6 Å². The van der Waals surface area contributed by atoms with Gasteiger partial charge in [-0.25, -0.2) is 32.7 Å². The van der Waals surface area contributed by atoms with Gasteiger partial charge in [-0.3, -0.25) is 0 Å². The van der Waals surface area contributed by atoms with Gasteiger partial charge in [-0.05, 0) is 29.6 Å². The Kier molecular flexibility index (Phi) is 5.90. The number of aromatic nitrogens is 4. The van der Waals surface area contributed by atoms with Gasteiger partial charge in [0.15, 0.2) is 5.82 Å². The molecule has 0 unspecified atom stereocenters. The van der Waals surface area contributed by atoms with Crippen LogP contribution in [0.5, 0.6) is 0 Å². The molecule has 0 radical (unpaired) electrons. The number of anilines is 2. The van der Waals surface area contributed by atoms with Crippen molar-refractivity contribution in [1.82, 2.24) is 24.2 Å². The van der Waals surface area contributed by atoms with Crippen molar-refractivity contribution in [2.24, 2.45) is 0 Å². The number of hydrogen-bond acceptors (Lipinski definition) is 10. The number of hydrogen-bond donors (Lipinski definition) is 1. The second-order valence-corrected chi connectivity index (χ2v) is 11.0. The lowest BCUT2D eigenvalue weighted by Crippen LogP contribution is -2.36. The number of nitrogen functional groups attached to an aromatic ring is 1. The largest absolute Gasteiger partial charge is 0.378 e. The van der Waals surface area contributed by atoms with Gasteiger partial charge in [0.25, 0.3) is 0 Å². The van der Waals surface area contributed by atoms with Crippen molar-refractivity contribution in [2.45, 2.75) is 4.90 Å². The Hall–Kier alpha value is -3.19. The molecular weight excluding hydrogens is 474 g/mol. The molecule has 34 heavy (non-hydrogen) atoms. The van der Waals surface area contributed by atoms with Gasteiger partial charge in [-0.1, -0.05) is 0 Å². The van der Waals surface area contributed by atoms with E-state index in [1.165, 1.54) is 29.7 Å². The number of nitrogens with zero attached hydrogens (tertiary/aromatic N) is 6. The molecule has 5 rings (SSSR count). The average molecular weight is 498 g/mol. The van der Waals surface area contributed by atoms with Gasteiger partial charge < -0.3 is 15.4 Å². The monoisotopic (exact) mass is 497 g/mol. The first-order valence-electron chi connectivity index (χ1n) is 10.6. The van der Waals surface area contributed by atoms with Gasteiger partial charge in [0, 0.05) is 50.8 Å². The van der Waals surface area contributed by atoms with Gasteiger partial charge in [0.05, 0.1) is 39.6 Å². The topological polar surface area (TPSA) is 127 Å². The maximum Gasteiger partial charge on any atom is 0.243 e. The van der Waals surface area contributed by atoms with Crippen LogP contribution >= 0.6 is 11.3 Å². The smallest absolute Gasteiger partial charge is 0.243 e. The Morgan fingerprint density at radius 1 is 1.09 bits per heavy atom. The number of fused-ring (bicyclic) bond motifs is 1. The van der Waals surface area contributed by atoms with Crippen molar-refractivity contribution in [3.8, 4) is 22.6 Å². The maximum atomic E-state index is 13.4. The van der Waals surface area contributed by atoms with Gasteiger partial charge in [-0.15, -0.1) is 11.3 Å². The van der Waals surface area contributed by atoms with E-state index in [1.807, 2.05) is 23.6 Å². The summed E-state index contributed by atoms with van der Waals surface area (Å²) in [6.07, 6.45) is 3.11. The van der Waals surface area contributed by atoms with Crippen molar-refractivity contribution in [1.29, 1.82) is 0 Å². The number of nitrogens with two attached hydrogens (primary N) is 1. The van der Waals surface area contributed by atoms with Crippen LogP contribution in [-0.2, 0) is 14.8 Å². The molecule has 4 heterocycles. The van der Waals surface area contributed by atoms with Gasteiger partial charge in [0.2, 0.25) is 16.0 Å². The Morgan fingerprint density at radius 2 is 1.82 bits per heavy atom. The molecule has 0 bridgehead atoms. The van der Waals surface area contributed by atoms with Crippen molar-refractivity contribution in [3.05, 3.63) is 42.0 Å². The van der Waals surface area contributed by atoms with Crippen molar-refractivity contribution < 1.29 is 13.2 Å². The van der Waals surface area contributed by atoms with Crippen LogP contribution in [-0.4, -0.2) is 73.1 Å². The molecular formula is C22H23N7O3S2. The molecule has 12 heteroatoms. The van der Waals surface area contributed by atoms with Crippen LogP contribution in [0.15, 0.2) is 46.9 Å². The third-order valence-electron chi connectivity index (χ3n) is 5.59. The third kappa shape index (κ3) is 4.09. The lowest BCUT2D eigenvalue weighted by molar-refractivity contribution is 0.122. The fourth-order valence-electron chi connectivity index (χ4n) is 3.76. The van der Waals surface area contributed by atoms with Crippen LogP contribution in [0, 0.1) is 0 Å². The lowest BCUT2D eigenvalue weighted by Gasteiger charge is -2.29. The van der Waals surface area contributed by atoms with Gasteiger partial charge >= 0.3 is 0 Å². The van der Waals surface area contributed by atoms with E-state index in [-0.39, 0.29) is 10.8 Å². The molecule has 10 nitrogen and oxygen atoms in total. The quantitative estimate of drug-likeness (QED) is 0.442. The minimum absolute atomic E-state index is 0.152. The summed E-state index contributed by atoms with van der Waals surface area (Å²) in [7, 11) is -0.721. The Labute approximate surface area is 201 Å². The highest BCUT2D eigenvalue weighted by atomic mass is 32.2. The highest BCUT2D eigenvalue weighted by Crippen LogP contribution is 2.38. The SMILES string of the molecule is CN(C)S(=O)(=O)c1cc(N2CCOCC2)ccc1-c1nc(-c2cnc(N)nc2)nc2ccsc12. The molecule has 4 aromatic rings. The van der Waals surface area contributed by atoms with E-state index < -0.39 is 10.0 Å². The molecule has 3 aromatic heterocycles. The first kappa shape index (κ1) is 22.6. The number of benzene rings is 1. The van der Waals surface area contributed by atoms with Crippen LogP contribution in [0.1, 0.15) is 0 Å². The number of morpholine rings is 1. The summed E-state index contributed by atoms with van der Waals surface area (Å²) in [6, 6.07) is 7.37. The normalized spacial score (nSPS) is 14.7. The Morgan fingerprint density at radius 3 is 2.53 bits per heavy atom. The molecule has 0 atom stereocenters. The first-order valence-corrected chi connectivity index (χ1v) is 12.9. The highest BCUT2D eigenvalue weighted by Gasteiger charge is 2.26. The van der Waals surface area contributed by atoms with E-state index in [0.717, 1.165) is 10.4 Å². The molecule has 1 fully saturated rings. The summed E-state index contributed by atoms with van der Waals surface area (Å²) in [5.74, 6) is 0.546. The summed E-state index contributed by atoms with van der Waals surface area (Å²) in [5, 5.41) is 1.91. The molecule has 1 aliphatic rings. The van der Waals surface area contributed by atoms with Gasteiger partial charge in [0.1, 0.15) is 0 Å². The highest BCUT2D eigenvalue weighted by molar-refractivity contribution is 7.89. The number of rotatable bonds is 5. The van der Waals surface area contributed by atoms with Crippen molar-refractivity contribution in [3.63, 3.8) is 0 Å². The van der Waals surface area contributed by atoms with E-state index in [9.17, 15) is 8.42 Å². The predicted octanol–water partition coefficient (Wildman–Crippen LogP) is 2.48. The van der Waals surface area contributed by atoms with Crippen LogP contribution in [0.2, 0.25) is 0 Å². The second-order valence-electron chi connectivity index (χ2n) is 7.93. The van der Waals surface area contributed by atoms with Crippen molar-refractivity contribution >= 4 is 43.2 Å². The van der Waals surface area contributed by atoms with E-state index in [4.69, 9.17) is 15.5 Å². The van der Waals surface area contributed by atoms with E-state index in [0.29, 0.717) is 54.5 Å². The van der Waals surface area contributed by atoms with E-state index in [2.05, 4.69) is 19.9 Å². The summed E-state index contributed by atoms with van der Waals surface area (Å²) in [5.41, 5.74) is 8.81. The summed E-state index contributed by atoms with van der Waals surface area (Å²) >= 11 is 1.46. The minimum atomic E-state index is -3.77. The molecule has 0 spiro atoms. The summed E-state index contributed by atoms with van der Waals surface area (Å²) < 4.78 is 34.3. The predicted molar refractivity (Wildman–Crippen MR) is 132 cm³/mol. The van der Waals surface area contributed by atoms with Crippen molar-refractivity contribution in [2.75, 3.05) is 51.0 Å². The van der Waals surface area contributed by atoms with E-state index in [1.54, 1.807) is 18.5 Å². The maximum absolute atomic E-state index is 13.4. The molecule has 1 aliphatic heterocycles. The average Bonchev–Trinajstić information content (AvgIpc) is 3.33. The second kappa shape index (κ2) is 8.87. The summed E-state index contributed by atoms with van der Waals surface area (Å²) in [6.45, 7) is 2.61. The number of sulfonamides is 1. The Balaban J connectivity index is 1.73. The fourth-order valence-corrected chi connectivity index (χ4v) is 5.70. The third-order valence-corrected chi connectivity index (χ3v) is 8.35. The molecule has 0 saturated carbocycles. The van der Waals surface area contributed by atoms with Crippen LogP contribution in [0.3, 0.4) is 0 Å². The first-order chi connectivity index (χ1) is 16.3. The van der Waals surface area contributed by atoms with Crippen LogP contribution in [0.25, 0.3) is 32.9 Å². The molecule has 2 N–H and O–H groups in total. The molecule has 0 amide bonds. The van der Waals surface area contributed by atoms with E-state index >= 15 is 0 Å². The zero-order valence-corrected chi connectivity index (χ0v) is 20.3. The fraction of sp³-hybridized carbons (Fsp3) is 0.273. The molecule has 0 aliphatic carbocycles. The zero-order chi connectivity index (χ0) is 23.9. The molecule has 1 saturated heterocycles. The zero-order valence-electron chi connectivity index (χ0n) is 18.7. The summed E-state index contributed by atoms with van der Waals surface area (Å²) in [4.78, 5) is 19.8. The number of ether oxygens (including phenoxy) is 1. The lowest BCUT2D eigenvalue weighted by atomic mass is 10.1. The standard InChI is InChI=1S/C22H23N7O3S2/c1-28(2)34(30,31)18-11-15(29-6-8-32-9-7-29)3-4-16(18)19-20-17(5-10-33-20)26-21(27-19)14-12-24-22(23)25-13-14/h3-5,10-13H,6-9H2,1-2H3,(H2,23,24,25). The molecule has 176 valence electrons. The minimum Gasteiger partial charge on any atom is -0.378 e. The van der Waals surface area contributed by atoms with Gasteiger partial charge in [-0.2, -0.15) is 0 Å². The van der Waals surface area contributed by atoms with Crippen LogP contribution in [0.4, 0.5) is 11.6 Å².